The molecule has 2 aromatic rings. The van der Waals surface area contributed by atoms with E-state index in [4.69, 9.17) is 0 Å². The van der Waals surface area contributed by atoms with Gasteiger partial charge in [0, 0.05) is 37.4 Å². The maximum atomic E-state index is 12.3. The predicted octanol–water partition coefficient (Wildman–Crippen LogP) is 3.07. The van der Waals surface area contributed by atoms with Crippen LogP contribution < -0.4 is 10.1 Å². The van der Waals surface area contributed by atoms with Crippen molar-refractivity contribution in [3.63, 3.8) is 0 Å². The molecule has 1 saturated heterocycles. The molecule has 128 valence electrons. The van der Waals surface area contributed by atoms with Gasteiger partial charge in [-0.1, -0.05) is 12.1 Å². The monoisotopic (exact) mass is 334 g/mol. The van der Waals surface area contributed by atoms with Gasteiger partial charge in [-0.15, -0.1) is 0 Å². The van der Waals surface area contributed by atoms with Crippen LogP contribution in [0.4, 0.5) is 14.6 Å². The zero-order chi connectivity index (χ0) is 16.9. The van der Waals surface area contributed by atoms with Crippen molar-refractivity contribution in [2.24, 2.45) is 0 Å². The first kappa shape index (κ1) is 16.6. The highest BCUT2D eigenvalue weighted by molar-refractivity contribution is 5.36. The highest BCUT2D eigenvalue weighted by Gasteiger charge is 2.22. The second kappa shape index (κ2) is 7.53. The van der Waals surface area contributed by atoms with Gasteiger partial charge in [0.25, 0.3) is 0 Å². The lowest BCUT2D eigenvalue weighted by Gasteiger charge is -2.17. The fourth-order valence-electron chi connectivity index (χ4n) is 2.91. The molecule has 1 atom stereocenters. The zero-order valence-corrected chi connectivity index (χ0v) is 13.5. The van der Waals surface area contributed by atoms with Gasteiger partial charge < -0.3 is 10.1 Å². The average Bonchev–Trinajstić information content (AvgIpc) is 2.94. The van der Waals surface area contributed by atoms with Crippen LogP contribution in [0.3, 0.4) is 0 Å². The van der Waals surface area contributed by atoms with E-state index < -0.39 is 6.61 Å². The molecule has 1 aliphatic rings. The molecule has 0 saturated carbocycles. The second-order valence-electron chi connectivity index (χ2n) is 5.94. The van der Waals surface area contributed by atoms with Crippen LogP contribution in [0.5, 0.6) is 5.75 Å². The smallest absolute Gasteiger partial charge is 0.387 e. The number of likely N-dealkylation sites (tertiary alicyclic amines) is 1. The SMILES string of the molecule is Cc1cc(NC2CCN(Cc3cccc(OC(F)F)c3)C2)ncn1. The van der Waals surface area contributed by atoms with E-state index >= 15 is 0 Å². The number of hydrogen-bond donors (Lipinski definition) is 1. The van der Waals surface area contributed by atoms with Crippen LogP contribution in [0.2, 0.25) is 0 Å². The molecule has 1 unspecified atom stereocenters. The van der Waals surface area contributed by atoms with Crippen LogP contribution in [0.1, 0.15) is 17.7 Å². The van der Waals surface area contributed by atoms with Gasteiger partial charge in [0.2, 0.25) is 0 Å². The van der Waals surface area contributed by atoms with E-state index in [-0.39, 0.29) is 5.75 Å². The molecular formula is C17H20F2N4O. The van der Waals surface area contributed by atoms with Crippen molar-refractivity contribution in [1.29, 1.82) is 0 Å². The van der Waals surface area contributed by atoms with Gasteiger partial charge in [-0.25, -0.2) is 9.97 Å². The lowest BCUT2D eigenvalue weighted by Crippen LogP contribution is -2.26. The summed E-state index contributed by atoms with van der Waals surface area (Å²) in [6.45, 7) is 1.67. The third-order valence-corrected chi connectivity index (χ3v) is 3.96. The zero-order valence-electron chi connectivity index (χ0n) is 13.5. The Balaban J connectivity index is 1.54. The normalized spacial score (nSPS) is 18.1. The molecule has 1 aliphatic heterocycles. The van der Waals surface area contributed by atoms with Crippen LogP contribution in [0.25, 0.3) is 0 Å². The number of ether oxygens (including phenoxy) is 1. The number of aryl methyl sites for hydroxylation is 1. The van der Waals surface area contributed by atoms with Crippen LogP contribution in [0, 0.1) is 6.92 Å². The summed E-state index contributed by atoms with van der Waals surface area (Å²) in [5.41, 5.74) is 1.89. The Kier molecular flexibility index (Phi) is 5.20. The summed E-state index contributed by atoms with van der Waals surface area (Å²) < 4.78 is 29.0. The molecule has 1 aromatic carbocycles. The largest absolute Gasteiger partial charge is 0.435 e. The first-order chi connectivity index (χ1) is 11.6. The third-order valence-electron chi connectivity index (χ3n) is 3.96. The minimum absolute atomic E-state index is 0.202. The van der Waals surface area contributed by atoms with Crippen LogP contribution in [0.15, 0.2) is 36.7 Å². The Hall–Kier alpha value is -2.28. The number of hydrogen-bond acceptors (Lipinski definition) is 5. The highest BCUT2D eigenvalue weighted by Crippen LogP contribution is 2.20. The first-order valence-electron chi connectivity index (χ1n) is 7.90. The summed E-state index contributed by atoms with van der Waals surface area (Å²) >= 11 is 0. The molecule has 1 fully saturated rings. The number of rotatable bonds is 6. The molecule has 0 spiro atoms. The molecule has 3 rings (SSSR count). The number of nitrogens with zero attached hydrogens (tertiary/aromatic N) is 3. The van der Waals surface area contributed by atoms with E-state index in [1.807, 2.05) is 19.1 Å². The van der Waals surface area contributed by atoms with E-state index in [2.05, 4.69) is 24.9 Å². The lowest BCUT2D eigenvalue weighted by atomic mass is 10.2. The summed E-state index contributed by atoms with van der Waals surface area (Å²) in [4.78, 5) is 10.6. The van der Waals surface area contributed by atoms with Gasteiger partial charge in [0.05, 0.1) is 0 Å². The van der Waals surface area contributed by atoms with E-state index in [0.29, 0.717) is 12.6 Å². The topological polar surface area (TPSA) is 50.3 Å². The molecule has 0 aliphatic carbocycles. The van der Waals surface area contributed by atoms with Crippen molar-refractivity contribution in [3.8, 4) is 5.75 Å². The fraction of sp³-hybridized carbons (Fsp3) is 0.412. The maximum absolute atomic E-state index is 12.3. The Bertz CT molecular complexity index is 683. The first-order valence-corrected chi connectivity index (χ1v) is 7.90. The van der Waals surface area contributed by atoms with E-state index in [9.17, 15) is 8.78 Å². The van der Waals surface area contributed by atoms with Crippen molar-refractivity contribution < 1.29 is 13.5 Å². The summed E-state index contributed by atoms with van der Waals surface area (Å²) in [6.07, 6.45) is 2.56. The minimum Gasteiger partial charge on any atom is -0.435 e. The molecule has 2 heterocycles. The lowest BCUT2D eigenvalue weighted by molar-refractivity contribution is -0.0499. The van der Waals surface area contributed by atoms with Crippen LogP contribution >= 0.6 is 0 Å². The van der Waals surface area contributed by atoms with Crippen molar-refractivity contribution in [2.75, 3.05) is 18.4 Å². The maximum Gasteiger partial charge on any atom is 0.387 e. The van der Waals surface area contributed by atoms with Crippen LogP contribution in [-0.2, 0) is 6.54 Å². The van der Waals surface area contributed by atoms with Gasteiger partial charge in [-0.3, -0.25) is 4.90 Å². The highest BCUT2D eigenvalue weighted by atomic mass is 19.3. The van der Waals surface area contributed by atoms with Gasteiger partial charge >= 0.3 is 6.61 Å². The Labute approximate surface area is 139 Å². The van der Waals surface area contributed by atoms with Crippen molar-refractivity contribution in [3.05, 3.63) is 47.9 Å². The standard InChI is InChI=1S/C17H20F2N4O/c1-12-7-16(21-11-20-12)22-14-5-6-23(10-14)9-13-3-2-4-15(8-13)24-17(18)19/h2-4,7-8,11,14,17H,5-6,9-10H2,1H3,(H,20,21,22). The van der Waals surface area contributed by atoms with E-state index in [1.54, 1.807) is 24.5 Å². The molecule has 7 heteroatoms. The van der Waals surface area contributed by atoms with E-state index in [0.717, 1.165) is 36.6 Å². The third kappa shape index (κ3) is 4.61. The molecule has 1 aromatic heterocycles. The average molecular weight is 334 g/mol. The summed E-state index contributed by atoms with van der Waals surface area (Å²) in [6, 6.07) is 9.12. The number of alkyl halides is 2. The second-order valence-corrected chi connectivity index (χ2v) is 5.94. The van der Waals surface area contributed by atoms with Gasteiger partial charge in [0.1, 0.15) is 17.9 Å². The fourth-order valence-corrected chi connectivity index (χ4v) is 2.91. The van der Waals surface area contributed by atoms with Gasteiger partial charge in [0.15, 0.2) is 0 Å². The minimum atomic E-state index is -2.79. The van der Waals surface area contributed by atoms with Crippen molar-refractivity contribution >= 4 is 5.82 Å². The molecule has 5 nitrogen and oxygen atoms in total. The molecule has 24 heavy (non-hydrogen) atoms. The summed E-state index contributed by atoms with van der Waals surface area (Å²) in [5, 5.41) is 3.42. The van der Waals surface area contributed by atoms with Crippen LogP contribution in [-0.4, -0.2) is 40.6 Å². The molecule has 0 amide bonds. The number of halogens is 2. The number of nitrogens with one attached hydrogen (secondary N) is 1. The summed E-state index contributed by atoms with van der Waals surface area (Å²) in [7, 11) is 0. The quantitative estimate of drug-likeness (QED) is 0.880. The van der Waals surface area contributed by atoms with Crippen molar-refractivity contribution in [1.82, 2.24) is 14.9 Å². The number of benzene rings is 1. The molecule has 0 bridgehead atoms. The number of aromatic nitrogens is 2. The Morgan fingerprint density at radius 1 is 1.33 bits per heavy atom. The molecular weight excluding hydrogens is 314 g/mol. The molecule has 1 N–H and O–H groups in total. The van der Waals surface area contributed by atoms with E-state index in [1.165, 1.54) is 0 Å². The Morgan fingerprint density at radius 2 is 2.21 bits per heavy atom. The van der Waals surface area contributed by atoms with Gasteiger partial charge in [-0.2, -0.15) is 8.78 Å². The predicted molar refractivity (Wildman–Crippen MR) is 87.1 cm³/mol. The van der Waals surface area contributed by atoms with Crippen molar-refractivity contribution in [2.45, 2.75) is 32.5 Å². The summed E-state index contributed by atoms with van der Waals surface area (Å²) in [5.74, 6) is 1.04. The molecule has 0 radical (unpaired) electrons. The Morgan fingerprint density at radius 3 is 3.00 bits per heavy atom. The van der Waals surface area contributed by atoms with Gasteiger partial charge in [-0.05, 0) is 31.0 Å². The number of anilines is 1.